The molecule has 0 amide bonds. The lowest BCUT2D eigenvalue weighted by atomic mass is 9.97. The van der Waals surface area contributed by atoms with Crippen LogP contribution in [0.25, 0.3) is 0 Å². The van der Waals surface area contributed by atoms with Gasteiger partial charge in [-0.1, -0.05) is 20.3 Å². The number of alkyl halides is 11. The highest BCUT2D eigenvalue weighted by Gasteiger charge is 2.87. The Hall–Kier alpha value is -0.810. The van der Waals surface area contributed by atoms with Gasteiger partial charge in [0.05, 0.1) is 6.10 Å². The SMILES string of the molecule is CCC1CCC(C)C1OCC(F)(F)C(F)(F)C(F)(F)C(F)(F)C(F)(F)F. The standard InChI is InChI=1S/C14H17F11O/c1-3-8-5-4-7(2)9(8)26-6-10(15,16)11(17,18)12(19,20)13(21,22)14(23,24)25/h7-9H,3-6H2,1-2H3. The number of hydrogen-bond acceptors (Lipinski definition) is 1. The maximum atomic E-state index is 13.6. The maximum absolute atomic E-state index is 13.6. The lowest BCUT2D eigenvalue weighted by Crippen LogP contribution is -2.67. The highest BCUT2D eigenvalue weighted by Crippen LogP contribution is 2.57. The Morgan fingerprint density at radius 1 is 0.769 bits per heavy atom. The van der Waals surface area contributed by atoms with Crippen LogP contribution in [0.15, 0.2) is 0 Å². The van der Waals surface area contributed by atoms with Crippen molar-refractivity contribution in [3.63, 3.8) is 0 Å². The molecular formula is C14H17F11O. The minimum absolute atomic E-state index is 0.341. The molecule has 0 heterocycles. The van der Waals surface area contributed by atoms with Crippen LogP contribution >= 0.6 is 0 Å². The summed E-state index contributed by atoms with van der Waals surface area (Å²) >= 11 is 0. The van der Waals surface area contributed by atoms with Crippen LogP contribution in [-0.2, 0) is 4.74 Å². The van der Waals surface area contributed by atoms with E-state index in [4.69, 9.17) is 0 Å². The second kappa shape index (κ2) is 6.97. The minimum Gasteiger partial charge on any atom is -0.371 e. The van der Waals surface area contributed by atoms with Crippen molar-refractivity contribution in [2.24, 2.45) is 11.8 Å². The molecule has 1 aliphatic rings. The molecule has 0 bridgehead atoms. The molecule has 1 rings (SSSR count). The fourth-order valence-electron chi connectivity index (χ4n) is 2.90. The van der Waals surface area contributed by atoms with E-state index in [1.54, 1.807) is 6.92 Å². The predicted octanol–water partition coefficient (Wildman–Crippen LogP) is 5.93. The van der Waals surface area contributed by atoms with Gasteiger partial charge in [0.25, 0.3) is 0 Å². The molecule has 0 spiro atoms. The molecule has 156 valence electrons. The van der Waals surface area contributed by atoms with Crippen molar-refractivity contribution in [1.82, 2.24) is 0 Å². The summed E-state index contributed by atoms with van der Waals surface area (Å²) in [6.45, 7) is 0.766. The molecule has 12 heteroatoms. The number of rotatable bonds is 7. The Morgan fingerprint density at radius 3 is 1.69 bits per heavy atom. The molecule has 0 saturated heterocycles. The molecule has 26 heavy (non-hydrogen) atoms. The lowest BCUT2D eigenvalue weighted by Gasteiger charge is -2.37. The predicted molar refractivity (Wildman–Crippen MR) is 67.8 cm³/mol. The third kappa shape index (κ3) is 3.62. The number of ether oxygens (including phenoxy) is 1. The summed E-state index contributed by atoms with van der Waals surface area (Å²) in [5.74, 6) is -28.4. The average Bonchev–Trinajstić information content (AvgIpc) is 2.83. The number of halogens is 11. The zero-order chi connectivity index (χ0) is 20.8. The maximum Gasteiger partial charge on any atom is 0.460 e. The van der Waals surface area contributed by atoms with E-state index in [1.807, 2.05) is 0 Å². The van der Waals surface area contributed by atoms with Gasteiger partial charge in [-0.25, -0.2) is 0 Å². The van der Waals surface area contributed by atoms with E-state index in [-0.39, 0.29) is 11.8 Å². The summed E-state index contributed by atoms with van der Waals surface area (Å²) in [6.07, 6.45) is -6.79. The van der Waals surface area contributed by atoms with Crippen LogP contribution < -0.4 is 0 Å². The topological polar surface area (TPSA) is 9.23 Å². The summed E-state index contributed by atoms with van der Waals surface area (Å²) in [7, 11) is 0. The van der Waals surface area contributed by atoms with Gasteiger partial charge in [-0.3, -0.25) is 0 Å². The van der Waals surface area contributed by atoms with E-state index < -0.39 is 42.6 Å². The Balaban J connectivity index is 3.05. The van der Waals surface area contributed by atoms with Gasteiger partial charge < -0.3 is 4.74 Å². The van der Waals surface area contributed by atoms with E-state index in [0.717, 1.165) is 0 Å². The molecule has 1 fully saturated rings. The zero-order valence-corrected chi connectivity index (χ0v) is 13.6. The normalized spacial score (nSPS) is 26.4. The van der Waals surface area contributed by atoms with Gasteiger partial charge in [0.1, 0.15) is 6.61 Å². The quantitative estimate of drug-likeness (QED) is 0.473. The van der Waals surface area contributed by atoms with Crippen LogP contribution in [-0.4, -0.2) is 42.6 Å². The molecule has 3 unspecified atom stereocenters. The first kappa shape index (κ1) is 23.2. The first-order chi connectivity index (χ1) is 11.4. The van der Waals surface area contributed by atoms with Gasteiger partial charge in [0.15, 0.2) is 0 Å². The minimum atomic E-state index is -7.38. The fourth-order valence-corrected chi connectivity index (χ4v) is 2.90. The monoisotopic (exact) mass is 410 g/mol. The summed E-state index contributed by atoms with van der Waals surface area (Å²) < 4.78 is 146. The third-order valence-electron chi connectivity index (χ3n) is 4.60. The van der Waals surface area contributed by atoms with Gasteiger partial charge in [-0.2, -0.15) is 48.3 Å². The molecule has 0 aromatic carbocycles. The van der Waals surface area contributed by atoms with Crippen LogP contribution in [0.5, 0.6) is 0 Å². The van der Waals surface area contributed by atoms with Gasteiger partial charge in [-0.05, 0) is 24.7 Å². The molecule has 0 aliphatic heterocycles. The first-order valence-electron chi connectivity index (χ1n) is 7.63. The second-order valence-corrected chi connectivity index (χ2v) is 6.42. The van der Waals surface area contributed by atoms with Crippen molar-refractivity contribution in [3.8, 4) is 0 Å². The first-order valence-corrected chi connectivity index (χ1v) is 7.63. The van der Waals surface area contributed by atoms with Crippen molar-refractivity contribution >= 4 is 0 Å². The smallest absolute Gasteiger partial charge is 0.371 e. The van der Waals surface area contributed by atoms with Crippen molar-refractivity contribution in [3.05, 3.63) is 0 Å². The van der Waals surface area contributed by atoms with Crippen molar-refractivity contribution in [2.75, 3.05) is 6.61 Å². The van der Waals surface area contributed by atoms with Crippen LogP contribution in [0, 0.1) is 11.8 Å². The van der Waals surface area contributed by atoms with Crippen LogP contribution in [0.2, 0.25) is 0 Å². The van der Waals surface area contributed by atoms with Crippen molar-refractivity contribution in [1.29, 1.82) is 0 Å². The van der Waals surface area contributed by atoms with Crippen molar-refractivity contribution < 1.29 is 53.0 Å². The van der Waals surface area contributed by atoms with Crippen LogP contribution in [0.1, 0.15) is 33.1 Å². The van der Waals surface area contributed by atoms with Crippen LogP contribution in [0.4, 0.5) is 48.3 Å². The third-order valence-corrected chi connectivity index (χ3v) is 4.60. The second-order valence-electron chi connectivity index (χ2n) is 6.42. The van der Waals surface area contributed by atoms with Gasteiger partial charge >= 0.3 is 29.9 Å². The lowest BCUT2D eigenvalue weighted by molar-refractivity contribution is -0.425. The van der Waals surface area contributed by atoms with E-state index in [1.165, 1.54) is 6.92 Å². The van der Waals surface area contributed by atoms with E-state index in [0.29, 0.717) is 19.3 Å². The van der Waals surface area contributed by atoms with Gasteiger partial charge in [-0.15, -0.1) is 0 Å². The van der Waals surface area contributed by atoms with Crippen molar-refractivity contribution in [2.45, 2.75) is 69.1 Å². The zero-order valence-electron chi connectivity index (χ0n) is 13.6. The summed E-state index contributed by atoms with van der Waals surface area (Å²) in [5, 5.41) is 0. The van der Waals surface area contributed by atoms with Gasteiger partial charge in [0.2, 0.25) is 0 Å². The highest BCUT2D eigenvalue weighted by atomic mass is 19.4. The molecule has 0 N–H and O–H groups in total. The van der Waals surface area contributed by atoms with Crippen LogP contribution in [0.3, 0.4) is 0 Å². The summed E-state index contributed by atoms with van der Waals surface area (Å²) in [5.41, 5.74) is 0. The Kier molecular flexibility index (Phi) is 6.23. The molecular weight excluding hydrogens is 393 g/mol. The van der Waals surface area contributed by atoms with E-state index in [9.17, 15) is 48.3 Å². The average molecular weight is 410 g/mol. The molecule has 0 aromatic rings. The molecule has 1 saturated carbocycles. The molecule has 3 atom stereocenters. The van der Waals surface area contributed by atoms with Gasteiger partial charge in [0, 0.05) is 0 Å². The Morgan fingerprint density at radius 2 is 1.27 bits per heavy atom. The van der Waals surface area contributed by atoms with E-state index in [2.05, 4.69) is 4.74 Å². The Labute approximate surface area is 141 Å². The Bertz CT molecular complexity index is 486. The fraction of sp³-hybridized carbons (Fsp3) is 1.00. The molecule has 1 nitrogen and oxygen atoms in total. The summed E-state index contributed by atoms with van der Waals surface area (Å²) in [4.78, 5) is 0. The van der Waals surface area contributed by atoms with E-state index >= 15 is 0 Å². The molecule has 0 radical (unpaired) electrons. The largest absolute Gasteiger partial charge is 0.460 e. The summed E-state index contributed by atoms with van der Waals surface area (Å²) in [6, 6.07) is 0. The molecule has 0 aromatic heterocycles. The number of hydrogen-bond donors (Lipinski definition) is 0. The molecule has 1 aliphatic carbocycles. The highest BCUT2D eigenvalue weighted by molar-refractivity contribution is 5.06.